The Bertz CT molecular complexity index is 1210. The van der Waals surface area contributed by atoms with E-state index in [9.17, 15) is 18.0 Å². The summed E-state index contributed by atoms with van der Waals surface area (Å²) in [4.78, 5) is 24.3. The predicted octanol–water partition coefficient (Wildman–Crippen LogP) is 2.38. The van der Waals surface area contributed by atoms with Gasteiger partial charge in [0.05, 0.1) is 12.0 Å². The molecule has 2 aromatic carbocycles. The summed E-state index contributed by atoms with van der Waals surface area (Å²) in [6.45, 7) is -0.461. The number of benzene rings is 2. The fourth-order valence-corrected chi connectivity index (χ4v) is 3.84. The highest BCUT2D eigenvalue weighted by atomic mass is 35.5. The Balaban J connectivity index is 1.85. The van der Waals surface area contributed by atoms with Crippen molar-refractivity contribution in [2.45, 2.75) is 16.5 Å². The Morgan fingerprint density at radius 2 is 1.86 bits per heavy atom. The summed E-state index contributed by atoms with van der Waals surface area (Å²) in [5.41, 5.74) is -0.169. The molecule has 0 bridgehead atoms. The van der Waals surface area contributed by atoms with Gasteiger partial charge in [0.2, 0.25) is 15.7 Å². The van der Waals surface area contributed by atoms with Gasteiger partial charge in [-0.1, -0.05) is 17.7 Å². The van der Waals surface area contributed by atoms with Crippen LogP contribution < -0.4 is 15.6 Å². The molecule has 0 saturated heterocycles. The van der Waals surface area contributed by atoms with Gasteiger partial charge in [-0.15, -0.1) is 0 Å². The van der Waals surface area contributed by atoms with Gasteiger partial charge < -0.3 is 10.1 Å². The first-order valence-electron chi connectivity index (χ1n) is 8.32. The van der Waals surface area contributed by atoms with E-state index in [2.05, 4.69) is 10.4 Å². The maximum absolute atomic E-state index is 12.8. The maximum atomic E-state index is 12.8. The molecule has 29 heavy (non-hydrogen) atoms. The quantitative estimate of drug-likeness (QED) is 0.639. The smallest absolute Gasteiger partial charge is 0.267 e. The molecule has 0 spiro atoms. The van der Waals surface area contributed by atoms with E-state index in [0.717, 1.165) is 16.8 Å². The number of halogens is 1. The van der Waals surface area contributed by atoms with E-state index in [1.807, 2.05) is 0 Å². The van der Waals surface area contributed by atoms with E-state index in [1.54, 1.807) is 24.3 Å². The zero-order valence-corrected chi connectivity index (χ0v) is 16.8. The van der Waals surface area contributed by atoms with Crippen LogP contribution in [0.4, 0.5) is 5.69 Å². The molecule has 0 saturated carbocycles. The molecule has 0 unspecified atom stereocenters. The van der Waals surface area contributed by atoms with Crippen molar-refractivity contribution in [1.82, 2.24) is 9.78 Å². The van der Waals surface area contributed by atoms with Crippen LogP contribution in [0.25, 0.3) is 0 Å². The van der Waals surface area contributed by atoms with Crippen molar-refractivity contribution in [3.8, 4) is 5.75 Å². The number of aromatic nitrogens is 2. The van der Waals surface area contributed by atoms with Gasteiger partial charge in [-0.3, -0.25) is 9.59 Å². The number of nitrogens with one attached hydrogen (secondary N) is 1. The van der Waals surface area contributed by atoms with Gasteiger partial charge in [-0.05, 0) is 48.5 Å². The highest BCUT2D eigenvalue weighted by Crippen LogP contribution is 2.21. The van der Waals surface area contributed by atoms with Crippen LogP contribution in [-0.4, -0.2) is 31.2 Å². The SMILES string of the molecule is COc1ccc(S(=O)(=O)c2ccc(=O)n(CC(=O)Nc3cccc(Cl)c3)n2)cc1. The molecule has 10 heteroatoms. The van der Waals surface area contributed by atoms with E-state index >= 15 is 0 Å². The molecule has 1 N–H and O–H groups in total. The largest absolute Gasteiger partial charge is 0.497 e. The summed E-state index contributed by atoms with van der Waals surface area (Å²) in [6.07, 6.45) is 0. The number of carbonyl (C=O) groups is 1. The molecule has 1 aromatic heterocycles. The average molecular weight is 434 g/mol. The van der Waals surface area contributed by atoms with Crippen molar-refractivity contribution in [3.63, 3.8) is 0 Å². The molecule has 0 aliphatic carbocycles. The third-order valence-corrected chi connectivity index (χ3v) is 5.79. The Labute approximate surface area is 171 Å². The number of methoxy groups -OCH3 is 1. The van der Waals surface area contributed by atoms with Crippen LogP contribution in [-0.2, 0) is 21.2 Å². The topological polar surface area (TPSA) is 107 Å². The van der Waals surface area contributed by atoms with E-state index in [1.165, 1.54) is 31.4 Å². The molecule has 0 fully saturated rings. The van der Waals surface area contributed by atoms with Gasteiger partial charge in [0.25, 0.3) is 5.56 Å². The van der Waals surface area contributed by atoms with E-state index in [0.29, 0.717) is 16.5 Å². The molecule has 1 heterocycles. The third kappa shape index (κ3) is 4.82. The van der Waals surface area contributed by atoms with Gasteiger partial charge >= 0.3 is 0 Å². The molecular weight excluding hydrogens is 418 g/mol. The summed E-state index contributed by atoms with van der Waals surface area (Å²) in [5.74, 6) is -0.0552. The number of ether oxygens (including phenoxy) is 1. The van der Waals surface area contributed by atoms with Crippen LogP contribution in [0.2, 0.25) is 5.02 Å². The minimum atomic E-state index is -3.98. The summed E-state index contributed by atoms with van der Waals surface area (Å²) in [5, 5.41) is 6.52. The van der Waals surface area contributed by atoms with Crippen LogP contribution in [0.5, 0.6) is 5.75 Å². The molecular formula is C19H16ClN3O5S. The summed E-state index contributed by atoms with van der Waals surface area (Å²) in [6, 6.07) is 14.4. The number of carbonyl (C=O) groups excluding carboxylic acids is 1. The number of nitrogens with zero attached hydrogens (tertiary/aromatic N) is 2. The van der Waals surface area contributed by atoms with Crippen molar-refractivity contribution in [1.29, 1.82) is 0 Å². The van der Waals surface area contributed by atoms with Gasteiger partial charge in [-0.2, -0.15) is 5.10 Å². The van der Waals surface area contributed by atoms with E-state index in [4.69, 9.17) is 16.3 Å². The molecule has 0 radical (unpaired) electrons. The Morgan fingerprint density at radius 1 is 1.14 bits per heavy atom. The second-order valence-corrected chi connectivity index (χ2v) is 8.24. The van der Waals surface area contributed by atoms with Crippen LogP contribution in [0.3, 0.4) is 0 Å². The monoisotopic (exact) mass is 433 g/mol. The number of hydrogen-bond acceptors (Lipinski definition) is 6. The third-order valence-electron chi connectivity index (χ3n) is 3.89. The molecule has 0 aliphatic heterocycles. The lowest BCUT2D eigenvalue weighted by Crippen LogP contribution is -2.30. The summed E-state index contributed by atoms with van der Waals surface area (Å²) in [7, 11) is -2.51. The minimum Gasteiger partial charge on any atom is -0.497 e. The second kappa shape index (κ2) is 8.46. The molecule has 1 amide bonds. The number of amides is 1. The standard InChI is InChI=1S/C19H16ClN3O5S/c1-28-15-5-7-16(8-6-15)29(26,27)18-9-10-19(25)23(22-18)12-17(24)21-14-4-2-3-13(20)11-14/h2-11H,12H2,1H3,(H,21,24). The van der Waals surface area contributed by atoms with Gasteiger partial charge in [0, 0.05) is 16.8 Å². The molecule has 0 atom stereocenters. The van der Waals surface area contributed by atoms with Gasteiger partial charge in [0.1, 0.15) is 12.3 Å². The number of sulfone groups is 1. The molecule has 3 rings (SSSR count). The zero-order chi connectivity index (χ0) is 21.0. The Hall–Kier alpha value is -3.17. The fraction of sp³-hybridized carbons (Fsp3) is 0.105. The number of anilines is 1. The van der Waals surface area contributed by atoms with Crippen LogP contribution in [0.15, 0.2) is 75.4 Å². The van der Waals surface area contributed by atoms with Crippen LogP contribution in [0.1, 0.15) is 0 Å². The lowest BCUT2D eigenvalue weighted by Gasteiger charge is -2.09. The van der Waals surface area contributed by atoms with E-state index in [-0.39, 0.29) is 9.92 Å². The Kier molecular flexibility index (Phi) is 6.00. The van der Waals surface area contributed by atoms with Crippen molar-refractivity contribution in [3.05, 3.63) is 76.0 Å². The van der Waals surface area contributed by atoms with Crippen molar-refractivity contribution < 1.29 is 17.9 Å². The van der Waals surface area contributed by atoms with Crippen molar-refractivity contribution in [2.75, 3.05) is 12.4 Å². The van der Waals surface area contributed by atoms with Crippen molar-refractivity contribution in [2.24, 2.45) is 0 Å². The highest BCUT2D eigenvalue weighted by Gasteiger charge is 2.21. The van der Waals surface area contributed by atoms with Gasteiger partial charge in [0.15, 0.2) is 5.03 Å². The van der Waals surface area contributed by atoms with Crippen LogP contribution in [0, 0.1) is 0 Å². The zero-order valence-electron chi connectivity index (χ0n) is 15.2. The summed E-state index contributed by atoms with van der Waals surface area (Å²) < 4.78 is 31.4. The molecule has 150 valence electrons. The average Bonchev–Trinajstić information content (AvgIpc) is 2.69. The Morgan fingerprint density at radius 3 is 2.52 bits per heavy atom. The highest BCUT2D eigenvalue weighted by molar-refractivity contribution is 7.91. The predicted molar refractivity (Wildman–Crippen MR) is 107 cm³/mol. The fourth-order valence-electron chi connectivity index (χ4n) is 2.47. The first kappa shape index (κ1) is 20.6. The maximum Gasteiger partial charge on any atom is 0.267 e. The van der Waals surface area contributed by atoms with Gasteiger partial charge in [-0.25, -0.2) is 13.1 Å². The molecule has 8 nitrogen and oxygen atoms in total. The number of rotatable bonds is 6. The molecule has 3 aromatic rings. The normalized spacial score (nSPS) is 11.1. The first-order valence-corrected chi connectivity index (χ1v) is 10.2. The summed E-state index contributed by atoms with van der Waals surface area (Å²) >= 11 is 5.87. The molecule has 0 aliphatic rings. The van der Waals surface area contributed by atoms with Crippen LogP contribution >= 0.6 is 11.6 Å². The lowest BCUT2D eigenvalue weighted by molar-refractivity contribution is -0.117. The first-order chi connectivity index (χ1) is 13.8. The van der Waals surface area contributed by atoms with Crippen molar-refractivity contribution >= 4 is 33.0 Å². The number of hydrogen-bond donors (Lipinski definition) is 1. The second-order valence-electron chi connectivity index (χ2n) is 5.90. The lowest BCUT2D eigenvalue weighted by atomic mass is 10.3. The minimum absolute atomic E-state index is 0.0145. The van der Waals surface area contributed by atoms with E-state index < -0.39 is 27.8 Å².